The fourth-order valence-electron chi connectivity index (χ4n) is 1.27. The van der Waals surface area contributed by atoms with E-state index in [2.05, 4.69) is 50.7 Å². The van der Waals surface area contributed by atoms with Crippen LogP contribution in [0.5, 0.6) is 5.75 Å². The molecule has 1 N–H and O–H groups in total. The van der Waals surface area contributed by atoms with Gasteiger partial charge in [-0.25, -0.2) is 0 Å². The van der Waals surface area contributed by atoms with Gasteiger partial charge in [0.05, 0.1) is 8.95 Å². The summed E-state index contributed by atoms with van der Waals surface area (Å²) in [6, 6.07) is 4.06. The SMILES string of the molecule is C=C(Cl)COc1c(Br)cc(CNCC)cc1Br. The molecule has 1 rings (SSSR count). The van der Waals surface area contributed by atoms with E-state index in [-0.39, 0.29) is 0 Å². The summed E-state index contributed by atoms with van der Waals surface area (Å²) in [7, 11) is 0. The van der Waals surface area contributed by atoms with Crippen LogP contribution < -0.4 is 10.1 Å². The predicted molar refractivity (Wildman–Crippen MR) is 79.7 cm³/mol. The van der Waals surface area contributed by atoms with Gasteiger partial charge in [-0.2, -0.15) is 0 Å². The Kier molecular flexibility index (Phi) is 6.55. The molecule has 0 aromatic heterocycles. The third kappa shape index (κ3) is 5.00. The summed E-state index contributed by atoms with van der Waals surface area (Å²) in [4.78, 5) is 0. The zero-order valence-corrected chi connectivity index (χ0v) is 13.5. The Hall–Kier alpha value is -0.0300. The molecule has 0 atom stereocenters. The van der Waals surface area contributed by atoms with E-state index in [4.69, 9.17) is 16.3 Å². The van der Waals surface area contributed by atoms with Crippen molar-refractivity contribution in [1.82, 2.24) is 5.32 Å². The van der Waals surface area contributed by atoms with Crippen LogP contribution in [0.3, 0.4) is 0 Å². The molecule has 0 amide bonds. The van der Waals surface area contributed by atoms with E-state index in [0.717, 1.165) is 27.8 Å². The summed E-state index contributed by atoms with van der Waals surface area (Å²) in [5.41, 5.74) is 1.18. The fourth-order valence-corrected chi connectivity index (χ4v) is 2.84. The normalized spacial score (nSPS) is 10.4. The van der Waals surface area contributed by atoms with E-state index in [9.17, 15) is 0 Å². The molecule has 1 aromatic carbocycles. The lowest BCUT2D eigenvalue weighted by molar-refractivity contribution is 0.355. The van der Waals surface area contributed by atoms with E-state index in [1.54, 1.807) is 0 Å². The summed E-state index contributed by atoms with van der Waals surface area (Å²) < 4.78 is 7.34. The number of hydrogen-bond donors (Lipinski definition) is 1. The molecule has 0 unspecified atom stereocenters. The first kappa shape index (κ1) is 15.0. The lowest BCUT2D eigenvalue weighted by atomic mass is 10.2. The Morgan fingerprint density at radius 3 is 2.47 bits per heavy atom. The van der Waals surface area contributed by atoms with Gasteiger partial charge >= 0.3 is 0 Å². The van der Waals surface area contributed by atoms with Gasteiger partial charge in [-0.3, -0.25) is 0 Å². The highest BCUT2D eigenvalue weighted by Crippen LogP contribution is 2.35. The number of benzene rings is 1. The van der Waals surface area contributed by atoms with Gasteiger partial charge in [0.25, 0.3) is 0 Å². The van der Waals surface area contributed by atoms with Crippen LogP contribution in [0.15, 0.2) is 32.7 Å². The summed E-state index contributed by atoms with van der Waals surface area (Å²) in [6.45, 7) is 7.73. The second-order valence-electron chi connectivity index (χ2n) is 3.47. The van der Waals surface area contributed by atoms with Gasteiger partial charge in [0.1, 0.15) is 12.4 Å². The minimum absolute atomic E-state index is 0.297. The molecule has 0 fully saturated rings. The van der Waals surface area contributed by atoms with Crippen molar-refractivity contribution in [2.45, 2.75) is 13.5 Å². The van der Waals surface area contributed by atoms with Crippen LogP contribution in [0, 0.1) is 0 Å². The van der Waals surface area contributed by atoms with Crippen LogP contribution in [-0.4, -0.2) is 13.2 Å². The van der Waals surface area contributed by atoms with Crippen molar-refractivity contribution < 1.29 is 4.74 Å². The van der Waals surface area contributed by atoms with Gasteiger partial charge in [0.2, 0.25) is 0 Å². The molecule has 0 aliphatic carbocycles. The standard InChI is InChI=1S/C12H14Br2ClNO/c1-3-16-6-9-4-10(13)12(11(14)5-9)17-7-8(2)15/h4-5,16H,2-3,6-7H2,1H3. The molecule has 0 bridgehead atoms. The molecule has 0 saturated heterocycles. The molecule has 5 heteroatoms. The number of nitrogens with one attached hydrogen (secondary N) is 1. The molecule has 17 heavy (non-hydrogen) atoms. The second-order valence-corrected chi connectivity index (χ2v) is 5.72. The first-order valence-electron chi connectivity index (χ1n) is 5.19. The molecule has 1 aromatic rings. The lowest BCUT2D eigenvalue weighted by Gasteiger charge is -2.12. The highest BCUT2D eigenvalue weighted by atomic mass is 79.9. The van der Waals surface area contributed by atoms with Crippen LogP contribution in [0.25, 0.3) is 0 Å². The third-order valence-corrected chi connectivity index (χ3v) is 3.30. The predicted octanol–water partition coefficient (Wildman–Crippen LogP) is 4.45. The highest BCUT2D eigenvalue weighted by Gasteiger charge is 2.09. The zero-order valence-electron chi connectivity index (χ0n) is 9.53. The maximum absolute atomic E-state index is 5.67. The average molecular weight is 384 g/mol. The minimum Gasteiger partial charge on any atom is -0.486 e. The van der Waals surface area contributed by atoms with Gasteiger partial charge in [0.15, 0.2) is 0 Å². The molecule has 0 heterocycles. The van der Waals surface area contributed by atoms with Crippen molar-refractivity contribution in [2.75, 3.05) is 13.2 Å². The van der Waals surface area contributed by atoms with Gasteiger partial charge in [-0.15, -0.1) is 0 Å². The Labute approximate surface area is 124 Å². The van der Waals surface area contributed by atoms with Crippen LogP contribution in [0.1, 0.15) is 12.5 Å². The molecule has 0 aliphatic rings. The first-order valence-corrected chi connectivity index (χ1v) is 7.15. The second kappa shape index (κ2) is 7.41. The Morgan fingerprint density at radius 1 is 1.41 bits per heavy atom. The Morgan fingerprint density at radius 2 is 2.00 bits per heavy atom. The molecule has 0 radical (unpaired) electrons. The molecule has 2 nitrogen and oxygen atoms in total. The van der Waals surface area contributed by atoms with E-state index in [1.165, 1.54) is 5.56 Å². The largest absolute Gasteiger partial charge is 0.486 e. The zero-order chi connectivity index (χ0) is 12.8. The Balaban J connectivity index is 2.82. The lowest BCUT2D eigenvalue weighted by Crippen LogP contribution is -2.11. The number of rotatable bonds is 6. The molecule has 94 valence electrons. The van der Waals surface area contributed by atoms with Crippen LogP contribution in [-0.2, 0) is 6.54 Å². The molecule has 0 saturated carbocycles. The van der Waals surface area contributed by atoms with Crippen molar-refractivity contribution in [3.8, 4) is 5.75 Å². The van der Waals surface area contributed by atoms with Gasteiger partial charge < -0.3 is 10.1 Å². The van der Waals surface area contributed by atoms with Crippen molar-refractivity contribution in [3.63, 3.8) is 0 Å². The van der Waals surface area contributed by atoms with Gasteiger partial charge in [0, 0.05) is 11.6 Å². The first-order chi connectivity index (χ1) is 8.04. The molecular weight excluding hydrogens is 369 g/mol. The van der Waals surface area contributed by atoms with Crippen LogP contribution in [0.4, 0.5) is 0 Å². The molecule has 0 aliphatic heterocycles. The quantitative estimate of drug-likeness (QED) is 0.784. The van der Waals surface area contributed by atoms with Crippen molar-refractivity contribution in [3.05, 3.63) is 38.3 Å². The molecular formula is C12H14Br2ClNO. The number of hydrogen-bond acceptors (Lipinski definition) is 2. The van der Waals surface area contributed by atoms with Crippen molar-refractivity contribution in [2.24, 2.45) is 0 Å². The van der Waals surface area contributed by atoms with E-state index in [1.807, 2.05) is 12.1 Å². The third-order valence-electron chi connectivity index (χ3n) is 2.01. The fraction of sp³-hybridized carbons (Fsp3) is 0.333. The maximum Gasteiger partial charge on any atom is 0.148 e. The monoisotopic (exact) mass is 381 g/mol. The number of halogens is 3. The van der Waals surface area contributed by atoms with E-state index in [0.29, 0.717) is 11.6 Å². The van der Waals surface area contributed by atoms with E-state index < -0.39 is 0 Å². The maximum atomic E-state index is 5.67. The summed E-state index contributed by atoms with van der Waals surface area (Å²) in [5, 5.41) is 3.74. The smallest absolute Gasteiger partial charge is 0.148 e. The van der Waals surface area contributed by atoms with Gasteiger partial charge in [-0.05, 0) is 56.1 Å². The molecule has 0 spiro atoms. The number of ether oxygens (including phenoxy) is 1. The minimum atomic E-state index is 0.297. The summed E-state index contributed by atoms with van der Waals surface area (Å²) in [5.74, 6) is 0.743. The summed E-state index contributed by atoms with van der Waals surface area (Å²) in [6.07, 6.45) is 0. The highest BCUT2D eigenvalue weighted by molar-refractivity contribution is 9.11. The van der Waals surface area contributed by atoms with Crippen molar-refractivity contribution >= 4 is 43.5 Å². The van der Waals surface area contributed by atoms with Gasteiger partial charge in [-0.1, -0.05) is 25.1 Å². The Bertz CT molecular complexity index is 386. The average Bonchev–Trinajstić information content (AvgIpc) is 2.24. The summed E-state index contributed by atoms with van der Waals surface area (Å²) >= 11 is 12.6. The van der Waals surface area contributed by atoms with E-state index >= 15 is 0 Å². The van der Waals surface area contributed by atoms with Crippen molar-refractivity contribution in [1.29, 1.82) is 0 Å². The van der Waals surface area contributed by atoms with Crippen LogP contribution in [0.2, 0.25) is 0 Å². The topological polar surface area (TPSA) is 21.3 Å². The van der Waals surface area contributed by atoms with Crippen LogP contribution >= 0.6 is 43.5 Å².